The predicted octanol–water partition coefficient (Wildman–Crippen LogP) is 3.68. The Morgan fingerprint density at radius 2 is 2.24 bits per heavy atom. The monoisotopic (exact) mass is 246 g/mol. The molecule has 1 N–H and O–H groups in total. The molecule has 0 aliphatic rings. The van der Waals surface area contributed by atoms with Gasteiger partial charge in [0.2, 0.25) is 0 Å². The van der Waals surface area contributed by atoms with Crippen LogP contribution in [0.2, 0.25) is 0 Å². The largest absolute Gasteiger partial charge is 0.380 e. The molecule has 1 aromatic carbocycles. The van der Waals surface area contributed by atoms with Crippen LogP contribution in [0.4, 0.5) is 10.1 Å². The summed E-state index contributed by atoms with van der Waals surface area (Å²) in [6, 6.07) is 6.47. The van der Waals surface area contributed by atoms with E-state index in [1.807, 2.05) is 18.4 Å². The molecule has 0 unspecified atom stereocenters. The van der Waals surface area contributed by atoms with Crippen LogP contribution in [0.15, 0.2) is 29.0 Å². The number of anilines is 1. The topological polar surface area (TPSA) is 35.8 Å². The summed E-state index contributed by atoms with van der Waals surface area (Å²) in [5.74, 6) is -0.487. The Morgan fingerprint density at radius 1 is 1.41 bits per heavy atom. The van der Waals surface area contributed by atoms with E-state index >= 15 is 0 Å². The highest BCUT2D eigenvalue weighted by atomic mass is 32.1. The van der Waals surface area contributed by atoms with Crippen molar-refractivity contribution in [3.63, 3.8) is 0 Å². The molecule has 0 atom stereocenters. The highest BCUT2D eigenvalue weighted by Crippen LogP contribution is 2.20. The van der Waals surface area contributed by atoms with Crippen molar-refractivity contribution in [3.8, 4) is 6.07 Å². The standard InChI is InChI=1S/C13H11FN2S/c1-9-7-17-8-10(9)6-16-13-4-2-3-12(14)11(13)5-15/h2-4,7-8,16H,6H2,1H3. The van der Waals surface area contributed by atoms with Crippen molar-refractivity contribution in [2.24, 2.45) is 0 Å². The molecule has 0 amide bonds. The number of nitrogens with one attached hydrogen (secondary N) is 1. The van der Waals surface area contributed by atoms with E-state index in [0.29, 0.717) is 12.2 Å². The Balaban J connectivity index is 2.18. The van der Waals surface area contributed by atoms with Crippen LogP contribution in [0, 0.1) is 24.1 Å². The third-order valence-corrected chi connectivity index (χ3v) is 3.47. The molecular weight excluding hydrogens is 235 g/mol. The molecule has 2 nitrogen and oxygen atoms in total. The highest BCUT2D eigenvalue weighted by Gasteiger charge is 2.07. The van der Waals surface area contributed by atoms with E-state index in [-0.39, 0.29) is 5.56 Å². The quantitative estimate of drug-likeness (QED) is 0.896. The van der Waals surface area contributed by atoms with Crippen molar-refractivity contribution in [2.75, 3.05) is 5.32 Å². The number of rotatable bonds is 3. The van der Waals surface area contributed by atoms with Crippen LogP contribution < -0.4 is 5.32 Å². The first-order valence-electron chi connectivity index (χ1n) is 5.16. The lowest BCUT2D eigenvalue weighted by molar-refractivity contribution is 0.624. The SMILES string of the molecule is Cc1cscc1CNc1cccc(F)c1C#N. The van der Waals surface area contributed by atoms with Crippen molar-refractivity contribution >= 4 is 17.0 Å². The van der Waals surface area contributed by atoms with Gasteiger partial charge in [-0.1, -0.05) is 6.07 Å². The van der Waals surface area contributed by atoms with Crippen LogP contribution in [-0.2, 0) is 6.54 Å². The first-order chi connectivity index (χ1) is 8.22. The lowest BCUT2D eigenvalue weighted by atomic mass is 10.1. The van der Waals surface area contributed by atoms with Crippen molar-refractivity contribution < 1.29 is 4.39 Å². The second kappa shape index (κ2) is 4.98. The Morgan fingerprint density at radius 3 is 2.88 bits per heavy atom. The lowest BCUT2D eigenvalue weighted by Crippen LogP contribution is -2.02. The smallest absolute Gasteiger partial charge is 0.143 e. The second-order valence-electron chi connectivity index (χ2n) is 3.71. The fourth-order valence-corrected chi connectivity index (χ4v) is 2.40. The Bertz CT molecular complexity index is 569. The Kier molecular flexibility index (Phi) is 3.40. The number of benzene rings is 1. The zero-order valence-corrected chi connectivity index (χ0v) is 10.1. The summed E-state index contributed by atoms with van der Waals surface area (Å²) in [4.78, 5) is 0. The fraction of sp³-hybridized carbons (Fsp3) is 0.154. The van der Waals surface area contributed by atoms with Gasteiger partial charge in [0.05, 0.1) is 5.69 Å². The van der Waals surface area contributed by atoms with Gasteiger partial charge in [-0.2, -0.15) is 16.6 Å². The van der Waals surface area contributed by atoms with Crippen molar-refractivity contribution in [3.05, 3.63) is 51.5 Å². The summed E-state index contributed by atoms with van der Waals surface area (Å²) in [6.45, 7) is 2.64. The van der Waals surface area contributed by atoms with Crippen LogP contribution in [0.3, 0.4) is 0 Å². The molecule has 0 spiro atoms. The molecule has 0 saturated heterocycles. The number of nitrogens with zero attached hydrogens (tertiary/aromatic N) is 1. The average Bonchev–Trinajstić information content (AvgIpc) is 2.72. The zero-order valence-electron chi connectivity index (χ0n) is 9.33. The number of hydrogen-bond acceptors (Lipinski definition) is 3. The van der Waals surface area contributed by atoms with Gasteiger partial charge in [0, 0.05) is 6.54 Å². The van der Waals surface area contributed by atoms with E-state index < -0.39 is 5.82 Å². The number of halogens is 1. The molecule has 0 bridgehead atoms. The number of aryl methyl sites for hydroxylation is 1. The van der Waals surface area contributed by atoms with Gasteiger partial charge >= 0.3 is 0 Å². The van der Waals surface area contributed by atoms with Crippen LogP contribution in [0.25, 0.3) is 0 Å². The molecule has 2 aromatic rings. The molecule has 0 saturated carbocycles. The maximum Gasteiger partial charge on any atom is 0.143 e. The molecule has 4 heteroatoms. The summed E-state index contributed by atoms with van der Waals surface area (Å²) in [5.41, 5.74) is 2.99. The minimum atomic E-state index is -0.487. The van der Waals surface area contributed by atoms with E-state index in [0.717, 1.165) is 0 Å². The summed E-state index contributed by atoms with van der Waals surface area (Å²) in [7, 11) is 0. The predicted molar refractivity (Wildman–Crippen MR) is 67.5 cm³/mol. The van der Waals surface area contributed by atoms with Crippen LogP contribution >= 0.6 is 11.3 Å². The highest BCUT2D eigenvalue weighted by molar-refractivity contribution is 7.08. The van der Waals surface area contributed by atoms with Gasteiger partial charge in [-0.3, -0.25) is 0 Å². The van der Waals surface area contributed by atoms with Gasteiger partial charge in [-0.15, -0.1) is 0 Å². The molecule has 1 heterocycles. The van der Waals surface area contributed by atoms with E-state index in [4.69, 9.17) is 5.26 Å². The normalized spacial score (nSPS) is 9.94. The van der Waals surface area contributed by atoms with Gasteiger partial charge in [0.25, 0.3) is 0 Å². The van der Waals surface area contributed by atoms with Crippen molar-refractivity contribution in [1.82, 2.24) is 0 Å². The summed E-state index contributed by atoms with van der Waals surface area (Å²) in [6.07, 6.45) is 0. The Hall–Kier alpha value is -1.86. The lowest BCUT2D eigenvalue weighted by Gasteiger charge is -2.08. The maximum absolute atomic E-state index is 13.3. The van der Waals surface area contributed by atoms with E-state index in [2.05, 4.69) is 10.7 Å². The van der Waals surface area contributed by atoms with E-state index in [1.165, 1.54) is 17.2 Å². The van der Waals surface area contributed by atoms with Crippen LogP contribution in [0.5, 0.6) is 0 Å². The first kappa shape index (κ1) is 11.6. The molecule has 86 valence electrons. The van der Waals surface area contributed by atoms with Gasteiger partial charge in [0.15, 0.2) is 0 Å². The average molecular weight is 246 g/mol. The minimum Gasteiger partial charge on any atom is -0.380 e. The van der Waals surface area contributed by atoms with Gasteiger partial charge < -0.3 is 5.32 Å². The Labute approximate surface area is 103 Å². The molecule has 0 fully saturated rings. The molecule has 1 aromatic heterocycles. The van der Waals surface area contributed by atoms with E-state index in [1.54, 1.807) is 23.5 Å². The third kappa shape index (κ3) is 2.45. The van der Waals surface area contributed by atoms with Crippen molar-refractivity contribution in [1.29, 1.82) is 5.26 Å². The summed E-state index contributed by atoms with van der Waals surface area (Å²) < 4.78 is 13.3. The molecular formula is C13H11FN2S. The molecule has 0 radical (unpaired) electrons. The first-order valence-corrected chi connectivity index (χ1v) is 6.11. The van der Waals surface area contributed by atoms with Gasteiger partial charge in [0.1, 0.15) is 17.4 Å². The van der Waals surface area contributed by atoms with Crippen LogP contribution in [0.1, 0.15) is 16.7 Å². The molecule has 17 heavy (non-hydrogen) atoms. The zero-order chi connectivity index (χ0) is 12.3. The fourth-order valence-electron chi connectivity index (χ4n) is 1.54. The van der Waals surface area contributed by atoms with Gasteiger partial charge in [-0.25, -0.2) is 4.39 Å². The van der Waals surface area contributed by atoms with Crippen molar-refractivity contribution in [2.45, 2.75) is 13.5 Å². The molecule has 0 aliphatic heterocycles. The second-order valence-corrected chi connectivity index (χ2v) is 4.45. The van der Waals surface area contributed by atoms with E-state index in [9.17, 15) is 4.39 Å². The minimum absolute atomic E-state index is 0.0698. The maximum atomic E-state index is 13.3. The molecule has 0 aliphatic carbocycles. The number of nitriles is 1. The summed E-state index contributed by atoms with van der Waals surface area (Å²) in [5, 5.41) is 16.1. The third-order valence-electron chi connectivity index (χ3n) is 2.56. The number of thiophene rings is 1. The number of hydrogen-bond donors (Lipinski definition) is 1. The molecule has 2 rings (SSSR count). The summed E-state index contributed by atoms with van der Waals surface area (Å²) >= 11 is 1.64. The van der Waals surface area contributed by atoms with Gasteiger partial charge in [-0.05, 0) is 40.9 Å². The van der Waals surface area contributed by atoms with Crippen LogP contribution in [-0.4, -0.2) is 0 Å².